The van der Waals surface area contributed by atoms with E-state index in [0.29, 0.717) is 5.75 Å². The number of benzene rings is 2. The predicted molar refractivity (Wildman–Crippen MR) is 62.0 cm³/mol. The second-order valence-corrected chi connectivity index (χ2v) is 3.60. The molecule has 0 bridgehead atoms. The van der Waals surface area contributed by atoms with Crippen molar-refractivity contribution in [3.63, 3.8) is 0 Å². The molecule has 2 aromatic carbocycles. The Labute approximate surface area is 90.0 Å². The molecule has 0 unspecified atom stereocenters. The monoisotopic (exact) mass is 198 g/mol. The highest BCUT2D eigenvalue weighted by molar-refractivity contribution is 5.34. The minimum Gasteiger partial charge on any atom is -0.508 e. The fourth-order valence-corrected chi connectivity index (χ4v) is 1.57. The van der Waals surface area contributed by atoms with Crippen LogP contribution in [0.5, 0.6) is 5.75 Å². The molecule has 0 aromatic heterocycles. The van der Waals surface area contributed by atoms with E-state index in [4.69, 9.17) is 5.11 Å². The molecule has 0 heterocycles. The number of fused-ring (bicyclic) bond motifs is 1. The molecule has 1 nitrogen and oxygen atoms in total. The molecule has 0 aliphatic heterocycles. The largest absolute Gasteiger partial charge is 0.508 e. The Hall–Kier alpha value is -1.76. The summed E-state index contributed by atoms with van der Waals surface area (Å²) in [5.41, 5.74) is 3.10. The van der Waals surface area contributed by atoms with Gasteiger partial charge in [-0.15, -0.1) is 0 Å². The first-order valence-electron chi connectivity index (χ1n) is 5.17. The van der Waals surface area contributed by atoms with Crippen LogP contribution in [0, 0.1) is 0 Å². The lowest BCUT2D eigenvalue weighted by Crippen LogP contribution is -2.06. The Morgan fingerprint density at radius 1 is 0.667 bits per heavy atom. The maximum atomic E-state index is 8.63. The summed E-state index contributed by atoms with van der Waals surface area (Å²) in [7, 11) is 0. The molecule has 76 valence electrons. The minimum absolute atomic E-state index is 0.322. The molecular weight excluding hydrogens is 184 g/mol. The number of para-hydroxylation sites is 1. The topological polar surface area (TPSA) is 20.2 Å². The van der Waals surface area contributed by atoms with Crippen molar-refractivity contribution in [3.8, 4) is 5.75 Å². The number of phenolic OH excluding ortho intramolecular Hbond substituents is 1. The fourth-order valence-electron chi connectivity index (χ4n) is 1.57. The van der Waals surface area contributed by atoms with E-state index in [-0.39, 0.29) is 0 Å². The van der Waals surface area contributed by atoms with Gasteiger partial charge in [-0.2, -0.15) is 0 Å². The lowest BCUT2D eigenvalue weighted by molar-refractivity contribution is 0.475. The van der Waals surface area contributed by atoms with Gasteiger partial charge >= 0.3 is 0 Å². The molecule has 0 atom stereocenters. The second kappa shape index (κ2) is 4.65. The summed E-state index contributed by atoms with van der Waals surface area (Å²) in [6.45, 7) is 0. The third kappa shape index (κ3) is 2.59. The van der Waals surface area contributed by atoms with Crippen LogP contribution in [-0.2, 0) is 12.8 Å². The number of hydrogen-bond donors (Lipinski definition) is 1. The summed E-state index contributed by atoms with van der Waals surface area (Å²) in [4.78, 5) is 0. The third-order valence-electron chi connectivity index (χ3n) is 2.54. The molecule has 0 saturated carbocycles. The molecule has 0 spiro atoms. The van der Waals surface area contributed by atoms with E-state index in [1.807, 2.05) is 6.07 Å². The molecule has 15 heavy (non-hydrogen) atoms. The van der Waals surface area contributed by atoms with Crippen molar-refractivity contribution in [1.82, 2.24) is 0 Å². The molecular formula is C14H14O. The second-order valence-electron chi connectivity index (χ2n) is 3.60. The summed E-state index contributed by atoms with van der Waals surface area (Å²) in [5.74, 6) is 0.322. The van der Waals surface area contributed by atoms with Gasteiger partial charge in [0, 0.05) is 0 Å². The number of rotatable bonds is 0. The number of aryl methyl sites for hydroxylation is 2. The van der Waals surface area contributed by atoms with Gasteiger partial charge < -0.3 is 5.11 Å². The Morgan fingerprint density at radius 2 is 1.13 bits per heavy atom. The van der Waals surface area contributed by atoms with Crippen LogP contribution in [0.25, 0.3) is 0 Å². The van der Waals surface area contributed by atoms with E-state index in [1.54, 1.807) is 35.4 Å². The zero-order valence-corrected chi connectivity index (χ0v) is 8.56. The van der Waals surface area contributed by atoms with Crippen molar-refractivity contribution >= 4 is 0 Å². The average Bonchev–Trinajstić information content (AvgIpc) is 2.22. The van der Waals surface area contributed by atoms with Gasteiger partial charge in [0.15, 0.2) is 0 Å². The summed E-state index contributed by atoms with van der Waals surface area (Å²) < 4.78 is 0. The van der Waals surface area contributed by atoms with Crippen molar-refractivity contribution in [2.75, 3.05) is 0 Å². The first-order valence-corrected chi connectivity index (χ1v) is 5.17. The van der Waals surface area contributed by atoms with E-state index in [9.17, 15) is 0 Å². The molecule has 1 N–H and O–H groups in total. The molecule has 0 amide bonds. The van der Waals surface area contributed by atoms with Crippen molar-refractivity contribution in [2.24, 2.45) is 0 Å². The fraction of sp³-hybridized carbons (Fsp3) is 0.143. The van der Waals surface area contributed by atoms with Crippen LogP contribution in [0.3, 0.4) is 0 Å². The predicted octanol–water partition coefficient (Wildman–Crippen LogP) is 3.18. The van der Waals surface area contributed by atoms with Crippen LogP contribution >= 0.6 is 0 Å². The summed E-state index contributed by atoms with van der Waals surface area (Å²) in [6.07, 6.45) is 2.60. The van der Waals surface area contributed by atoms with E-state index in [0.717, 1.165) is 0 Å². The van der Waals surface area contributed by atoms with Crippen LogP contribution in [-0.4, -0.2) is 5.11 Å². The van der Waals surface area contributed by atoms with E-state index >= 15 is 0 Å². The van der Waals surface area contributed by atoms with Crippen molar-refractivity contribution in [2.45, 2.75) is 12.8 Å². The molecule has 1 heteroatoms. The maximum absolute atomic E-state index is 8.63. The highest BCUT2D eigenvalue weighted by Crippen LogP contribution is 2.20. The maximum Gasteiger partial charge on any atom is 0.115 e. The van der Waals surface area contributed by atoms with Crippen molar-refractivity contribution < 1.29 is 5.11 Å². The van der Waals surface area contributed by atoms with E-state index in [2.05, 4.69) is 24.3 Å². The van der Waals surface area contributed by atoms with Crippen LogP contribution in [0.2, 0.25) is 0 Å². The first-order chi connectivity index (χ1) is 7.36. The summed E-state index contributed by atoms with van der Waals surface area (Å²) in [5, 5.41) is 8.63. The van der Waals surface area contributed by atoms with Gasteiger partial charge in [0.2, 0.25) is 0 Å². The van der Waals surface area contributed by atoms with Gasteiger partial charge in [0.1, 0.15) is 5.75 Å². The van der Waals surface area contributed by atoms with Crippen LogP contribution in [0.1, 0.15) is 11.1 Å². The van der Waals surface area contributed by atoms with Gasteiger partial charge in [0.05, 0.1) is 0 Å². The molecule has 3 rings (SSSR count). The quantitative estimate of drug-likeness (QED) is 0.689. The normalized spacial score (nSPS) is 11.7. The zero-order valence-electron chi connectivity index (χ0n) is 8.56. The van der Waals surface area contributed by atoms with Gasteiger partial charge in [0.25, 0.3) is 0 Å². The Balaban J connectivity index is 0.000000115. The van der Waals surface area contributed by atoms with Crippen LogP contribution < -0.4 is 0 Å². The number of phenols is 1. The first kappa shape index (κ1) is 9.78. The molecule has 0 fully saturated rings. The van der Waals surface area contributed by atoms with E-state index in [1.165, 1.54) is 12.8 Å². The highest BCUT2D eigenvalue weighted by Gasteiger charge is 2.09. The molecule has 1 aliphatic carbocycles. The molecule has 0 radical (unpaired) electrons. The van der Waals surface area contributed by atoms with Crippen LogP contribution in [0.4, 0.5) is 0 Å². The zero-order chi connectivity index (χ0) is 10.5. The van der Waals surface area contributed by atoms with Crippen LogP contribution in [0.15, 0.2) is 54.6 Å². The molecule has 0 saturated heterocycles. The van der Waals surface area contributed by atoms with E-state index < -0.39 is 0 Å². The SMILES string of the molecule is Oc1ccccc1.c1ccc2c(c1)CC2. The van der Waals surface area contributed by atoms with Gasteiger partial charge in [-0.1, -0.05) is 42.5 Å². The Kier molecular flexibility index (Phi) is 3.03. The summed E-state index contributed by atoms with van der Waals surface area (Å²) in [6, 6.07) is 17.3. The minimum atomic E-state index is 0.322. The molecule has 2 aromatic rings. The smallest absolute Gasteiger partial charge is 0.115 e. The third-order valence-corrected chi connectivity index (χ3v) is 2.54. The number of aromatic hydroxyl groups is 1. The Morgan fingerprint density at radius 3 is 1.40 bits per heavy atom. The molecule has 1 aliphatic rings. The van der Waals surface area contributed by atoms with Gasteiger partial charge in [-0.3, -0.25) is 0 Å². The Bertz CT molecular complexity index is 397. The summed E-state index contributed by atoms with van der Waals surface area (Å²) >= 11 is 0. The van der Waals surface area contributed by atoms with Gasteiger partial charge in [-0.25, -0.2) is 0 Å². The van der Waals surface area contributed by atoms with Gasteiger partial charge in [-0.05, 0) is 36.1 Å². The van der Waals surface area contributed by atoms with Crippen molar-refractivity contribution in [3.05, 3.63) is 65.7 Å². The lowest BCUT2D eigenvalue weighted by atomic mass is 9.89. The number of hydrogen-bond acceptors (Lipinski definition) is 1. The standard InChI is InChI=1S/C8H8.C6H6O/c1-2-4-8-6-5-7(8)3-1;7-6-4-2-1-3-5-6/h1-4H,5-6H2;1-5,7H. The lowest BCUT2D eigenvalue weighted by Gasteiger charge is -2.16. The average molecular weight is 198 g/mol. The highest BCUT2D eigenvalue weighted by atomic mass is 16.3. The van der Waals surface area contributed by atoms with Crippen molar-refractivity contribution in [1.29, 1.82) is 0 Å².